The van der Waals surface area contributed by atoms with E-state index in [-0.39, 0.29) is 0 Å². The lowest BCUT2D eigenvalue weighted by Crippen LogP contribution is -2.22. The van der Waals surface area contributed by atoms with Crippen molar-refractivity contribution in [1.29, 1.82) is 0 Å². The molecule has 1 rings (SSSR count). The standard InChI is InChI=1S/C27H54O2/c1-7-27(21-26-13-9-12-25(6)20-26)29-19-16-24(5)15-18-28-17-14-23(4)11-8-10-22(2)3/h22-27H,7-21H2,1-6H3. The first-order chi connectivity index (χ1) is 13.9. The largest absolute Gasteiger partial charge is 0.381 e. The highest BCUT2D eigenvalue weighted by molar-refractivity contribution is 4.73. The average molecular weight is 411 g/mol. The van der Waals surface area contributed by atoms with Crippen molar-refractivity contribution in [3.05, 3.63) is 0 Å². The summed E-state index contributed by atoms with van der Waals surface area (Å²) in [5.74, 6) is 4.17. The van der Waals surface area contributed by atoms with Gasteiger partial charge in [0.2, 0.25) is 0 Å². The molecule has 0 spiro atoms. The second-order valence-electron chi connectivity index (χ2n) is 10.8. The Balaban J connectivity index is 2.00. The van der Waals surface area contributed by atoms with Gasteiger partial charge in [0.25, 0.3) is 0 Å². The molecule has 1 saturated carbocycles. The zero-order valence-electron chi connectivity index (χ0n) is 20.9. The topological polar surface area (TPSA) is 18.5 Å². The molecule has 0 amide bonds. The van der Waals surface area contributed by atoms with E-state index in [0.29, 0.717) is 12.0 Å². The van der Waals surface area contributed by atoms with Gasteiger partial charge in [0.05, 0.1) is 6.10 Å². The Morgan fingerprint density at radius 2 is 1.48 bits per heavy atom. The van der Waals surface area contributed by atoms with Gasteiger partial charge in [-0.05, 0) is 68.1 Å². The van der Waals surface area contributed by atoms with E-state index >= 15 is 0 Å². The maximum absolute atomic E-state index is 6.27. The van der Waals surface area contributed by atoms with E-state index in [4.69, 9.17) is 9.47 Å². The first-order valence-electron chi connectivity index (χ1n) is 13.1. The van der Waals surface area contributed by atoms with E-state index < -0.39 is 0 Å². The van der Waals surface area contributed by atoms with Crippen LogP contribution in [-0.4, -0.2) is 25.9 Å². The second kappa shape index (κ2) is 16.6. The van der Waals surface area contributed by atoms with Gasteiger partial charge in [0, 0.05) is 19.8 Å². The summed E-state index contributed by atoms with van der Waals surface area (Å²) in [4.78, 5) is 0. The number of hydrogen-bond acceptors (Lipinski definition) is 2. The summed E-state index contributed by atoms with van der Waals surface area (Å²) in [6.07, 6.45) is 16.3. The maximum atomic E-state index is 6.27. The van der Waals surface area contributed by atoms with Crippen LogP contribution >= 0.6 is 0 Å². The van der Waals surface area contributed by atoms with Gasteiger partial charge in [0.15, 0.2) is 0 Å². The monoisotopic (exact) mass is 410 g/mol. The van der Waals surface area contributed by atoms with Crippen LogP contribution in [0.4, 0.5) is 0 Å². The average Bonchev–Trinajstić information content (AvgIpc) is 2.66. The minimum atomic E-state index is 0.478. The van der Waals surface area contributed by atoms with Crippen LogP contribution in [0.5, 0.6) is 0 Å². The fourth-order valence-electron chi connectivity index (χ4n) is 4.77. The van der Waals surface area contributed by atoms with Crippen molar-refractivity contribution in [1.82, 2.24) is 0 Å². The normalized spacial score (nSPS) is 23.3. The summed E-state index contributed by atoms with van der Waals surface area (Å²) >= 11 is 0. The summed E-state index contributed by atoms with van der Waals surface area (Å²) in [5, 5.41) is 0. The molecule has 2 nitrogen and oxygen atoms in total. The molecule has 1 aliphatic rings. The van der Waals surface area contributed by atoms with Gasteiger partial charge in [-0.1, -0.05) is 80.1 Å². The minimum absolute atomic E-state index is 0.478. The third kappa shape index (κ3) is 14.5. The van der Waals surface area contributed by atoms with Crippen LogP contribution in [0.2, 0.25) is 0 Å². The summed E-state index contributed by atoms with van der Waals surface area (Å²) in [6.45, 7) is 16.9. The Morgan fingerprint density at radius 3 is 2.10 bits per heavy atom. The van der Waals surface area contributed by atoms with Gasteiger partial charge < -0.3 is 9.47 Å². The van der Waals surface area contributed by atoms with Crippen LogP contribution in [0.1, 0.15) is 119 Å². The van der Waals surface area contributed by atoms with Crippen molar-refractivity contribution < 1.29 is 9.47 Å². The molecule has 29 heavy (non-hydrogen) atoms. The Morgan fingerprint density at radius 1 is 0.828 bits per heavy atom. The molecule has 1 fully saturated rings. The second-order valence-corrected chi connectivity index (χ2v) is 10.8. The summed E-state index contributed by atoms with van der Waals surface area (Å²) in [7, 11) is 0. The summed E-state index contributed by atoms with van der Waals surface area (Å²) in [5.41, 5.74) is 0. The van der Waals surface area contributed by atoms with Crippen LogP contribution in [0.15, 0.2) is 0 Å². The lowest BCUT2D eigenvalue weighted by atomic mass is 9.79. The SMILES string of the molecule is CCC(CC1CCCC(C)C1)OCCC(C)CCOCCC(C)CCCC(C)C. The molecule has 0 heterocycles. The van der Waals surface area contributed by atoms with Crippen molar-refractivity contribution in [2.75, 3.05) is 19.8 Å². The fourth-order valence-corrected chi connectivity index (χ4v) is 4.77. The Kier molecular flexibility index (Phi) is 15.4. The van der Waals surface area contributed by atoms with Crippen molar-refractivity contribution in [3.63, 3.8) is 0 Å². The molecule has 174 valence electrons. The van der Waals surface area contributed by atoms with E-state index in [1.807, 2.05) is 0 Å². The highest BCUT2D eigenvalue weighted by atomic mass is 16.5. The first kappa shape index (κ1) is 27.0. The lowest BCUT2D eigenvalue weighted by Gasteiger charge is -2.29. The third-order valence-electron chi connectivity index (χ3n) is 7.05. The zero-order valence-corrected chi connectivity index (χ0v) is 20.9. The molecule has 5 atom stereocenters. The molecule has 0 aromatic carbocycles. The molecule has 0 aromatic heterocycles. The van der Waals surface area contributed by atoms with Crippen LogP contribution in [0.3, 0.4) is 0 Å². The van der Waals surface area contributed by atoms with E-state index in [1.54, 1.807) is 0 Å². The van der Waals surface area contributed by atoms with Crippen molar-refractivity contribution in [3.8, 4) is 0 Å². The fraction of sp³-hybridized carbons (Fsp3) is 1.00. The van der Waals surface area contributed by atoms with Crippen molar-refractivity contribution in [2.24, 2.45) is 29.6 Å². The predicted octanol–water partition coefficient (Wildman–Crippen LogP) is 8.28. The Hall–Kier alpha value is -0.0800. The quantitative estimate of drug-likeness (QED) is 0.225. The van der Waals surface area contributed by atoms with Crippen LogP contribution in [0.25, 0.3) is 0 Å². The molecular weight excluding hydrogens is 356 g/mol. The Bertz CT molecular complexity index is 368. The predicted molar refractivity (Wildman–Crippen MR) is 127 cm³/mol. The van der Waals surface area contributed by atoms with E-state index in [1.165, 1.54) is 70.6 Å². The van der Waals surface area contributed by atoms with Gasteiger partial charge in [-0.25, -0.2) is 0 Å². The van der Waals surface area contributed by atoms with E-state index in [2.05, 4.69) is 41.5 Å². The molecule has 0 saturated heterocycles. The highest BCUT2D eigenvalue weighted by Crippen LogP contribution is 2.32. The molecule has 0 N–H and O–H groups in total. The van der Waals surface area contributed by atoms with Gasteiger partial charge in [-0.2, -0.15) is 0 Å². The maximum Gasteiger partial charge on any atom is 0.0575 e. The van der Waals surface area contributed by atoms with E-state index in [0.717, 1.165) is 49.9 Å². The lowest BCUT2D eigenvalue weighted by molar-refractivity contribution is 0.0184. The molecule has 5 unspecified atom stereocenters. The van der Waals surface area contributed by atoms with Gasteiger partial charge in [0.1, 0.15) is 0 Å². The van der Waals surface area contributed by atoms with Gasteiger partial charge in [-0.15, -0.1) is 0 Å². The summed E-state index contributed by atoms with van der Waals surface area (Å²) < 4.78 is 12.2. The molecule has 2 heteroatoms. The zero-order chi connectivity index (χ0) is 21.5. The molecular formula is C27H54O2. The van der Waals surface area contributed by atoms with Gasteiger partial charge >= 0.3 is 0 Å². The van der Waals surface area contributed by atoms with Crippen LogP contribution < -0.4 is 0 Å². The van der Waals surface area contributed by atoms with Gasteiger partial charge in [-0.3, -0.25) is 0 Å². The van der Waals surface area contributed by atoms with Crippen LogP contribution in [-0.2, 0) is 9.47 Å². The molecule has 0 aromatic rings. The molecule has 0 bridgehead atoms. The number of hydrogen-bond donors (Lipinski definition) is 0. The number of ether oxygens (including phenoxy) is 2. The number of rotatable bonds is 17. The van der Waals surface area contributed by atoms with Crippen LogP contribution in [0, 0.1) is 29.6 Å². The first-order valence-corrected chi connectivity index (χ1v) is 13.1. The third-order valence-corrected chi connectivity index (χ3v) is 7.05. The minimum Gasteiger partial charge on any atom is -0.381 e. The molecule has 0 radical (unpaired) electrons. The molecule has 0 aliphatic heterocycles. The summed E-state index contributed by atoms with van der Waals surface area (Å²) in [6, 6.07) is 0. The van der Waals surface area contributed by atoms with Crippen molar-refractivity contribution >= 4 is 0 Å². The smallest absolute Gasteiger partial charge is 0.0575 e. The van der Waals surface area contributed by atoms with E-state index in [9.17, 15) is 0 Å². The van der Waals surface area contributed by atoms with Crippen molar-refractivity contribution in [2.45, 2.75) is 125 Å². The molecule has 1 aliphatic carbocycles. The Labute approximate surface area is 183 Å². The highest BCUT2D eigenvalue weighted by Gasteiger charge is 2.22.